The van der Waals surface area contributed by atoms with Crippen LogP contribution in [0.3, 0.4) is 0 Å². The van der Waals surface area contributed by atoms with Gasteiger partial charge in [0.05, 0.1) is 0 Å². The lowest BCUT2D eigenvalue weighted by Crippen LogP contribution is -1.90. The molecule has 0 radical (unpaired) electrons. The van der Waals surface area contributed by atoms with Gasteiger partial charge in [0.15, 0.2) is 0 Å². The molecule has 50 valence electrons. The fourth-order valence-electron chi connectivity index (χ4n) is 0.521. The SMILES string of the molecule is C#CCCC(=C)C(C)C. The molecule has 0 aliphatic heterocycles. The van der Waals surface area contributed by atoms with Gasteiger partial charge in [-0.15, -0.1) is 12.3 Å². The van der Waals surface area contributed by atoms with E-state index >= 15 is 0 Å². The van der Waals surface area contributed by atoms with E-state index in [0.717, 1.165) is 12.8 Å². The smallest absolute Gasteiger partial charge is 0.0123 e. The van der Waals surface area contributed by atoms with Crippen LogP contribution in [0.15, 0.2) is 12.2 Å². The van der Waals surface area contributed by atoms with E-state index in [-0.39, 0.29) is 0 Å². The van der Waals surface area contributed by atoms with E-state index in [0.29, 0.717) is 5.92 Å². The first-order chi connectivity index (χ1) is 4.18. The Hall–Kier alpha value is -0.700. The van der Waals surface area contributed by atoms with E-state index in [1.807, 2.05) is 0 Å². The molecule has 0 aromatic heterocycles. The molecule has 0 N–H and O–H groups in total. The number of hydrogen-bond acceptors (Lipinski definition) is 0. The normalized spacial score (nSPS) is 9.11. The third-order valence-electron chi connectivity index (χ3n) is 1.41. The predicted molar refractivity (Wildman–Crippen MR) is 42.0 cm³/mol. The molecule has 9 heavy (non-hydrogen) atoms. The van der Waals surface area contributed by atoms with Gasteiger partial charge in [0.1, 0.15) is 0 Å². The summed E-state index contributed by atoms with van der Waals surface area (Å²) < 4.78 is 0. The first kappa shape index (κ1) is 8.30. The van der Waals surface area contributed by atoms with Crippen LogP contribution in [-0.4, -0.2) is 0 Å². The number of hydrogen-bond donors (Lipinski definition) is 0. The third-order valence-corrected chi connectivity index (χ3v) is 1.41. The zero-order chi connectivity index (χ0) is 7.28. The molecular formula is C9H14. The summed E-state index contributed by atoms with van der Waals surface area (Å²) in [4.78, 5) is 0. The van der Waals surface area contributed by atoms with E-state index in [4.69, 9.17) is 6.42 Å². The second-order valence-electron chi connectivity index (χ2n) is 2.52. The van der Waals surface area contributed by atoms with Crippen molar-refractivity contribution in [3.05, 3.63) is 12.2 Å². The molecule has 0 spiro atoms. The largest absolute Gasteiger partial charge is 0.120 e. The van der Waals surface area contributed by atoms with Gasteiger partial charge in [-0.3, -0.25) is 0 Å². The van der Waals surface area contributed by atoms with Crippen molar-refractivity contribution < 1.29 is 0 Å². The molecule has 0 aliphatic rings. The Bertz CT molecular complexity index is 123. The molecule has 0 bridgehead atoms. The second kappa shape index (κ2) is 4.21. The lowest BCUT2D eigenvalue weighted by atomic mass is 10.0. The maximum atomic E-state index is 5.09. The molecule has 0 saturated carbocycles. The molecule has 0 heteroatoms. The zero-order valence-corrected chi connectivity index (χ0v) is 6.28. The van der Waals surface area contributed by atoms with Crippen molar-refractivity contribution in [1.29, 1.82) is 0 Å². The fourth-order valence-corrected chi connectivity index (χ4v) is 0.521. The molecule has 0 heterocycles. The molecular weight excluding hydrogens is 108 g/mol. The topological polar surface area (TPSA) is 0 Å². The average molecular weight is 122 g/mol. The lowest BCUT2D eigenvalue weighted by Gasteiger charge is -2.05. The summed E-state index contributed by atoms with van der Waals surface area (Å²) >= 11 is 0. The minimum absolute atomic E-state index is 0.582. The van der Waals surface area contributed by atoms with Crippen molar-refractivity contribution in [2.24, 2.45) is 5.92 Å². The summed E-state index contributed by atoms with van der Waals surface area (Å²) in [6.45, 7) is 8.17. The van der Waals surface area contributed by atoms with Crippen LogP contribution in [-0.2, 0) is 0 Å². The zero-order valence-electron chi connectivity index (χ0n) is 6.28. The summed E-state index contributed by atoms with van der Waals surface area (Å²) in [6.07, 6.45) is 6.90. The van der Waals surface area contributed by atoms with Crippen LogP contribution >= 0.6 is 0 Å². The van der Waals surface area contributed by atoms with Gasteiger partial charge in [-0.1, -0.05) is 26.0 Å². The van der Waals surface area contributed by atoms with Gasteiger partial charge in [0.25, 0.3) is 0 Å². The number of terminal acetylenes is 1. The van der Waals surface area contributed by atoms with Gasteiger partial charge in [0.2, 0.25) is 0 Å². The number of allylic oxidation sites excluding steroid dienone is 1. The summed E-state index contributed by atoms with van der Waals surface area (Å²) in [5, 5.41) is 0. The van der Waals surface area contributed by atoms with E-state index in [1.54, 1.807) is 0 Å². The molecule has 0 aromatic carbocycles. The second-order valence-corrected chi connectivity index (χ2v) is 2.52. The molecule has 0 fully saturated rings. The molecule has 0 rings (SSSR count). The standard InChI is InChI=1S/C9H14/c1-5-6-7-9(4)8(2)3/h1,8H,4,6-7H2,2-3H3. The molecule has 0 saturated heterocycles. The van der Waals surface area contributed by atoms with Crippen LogP contribution in [0.5, 0.6) is 0 Å². The summed E-state index contributed by atoms with van der Waals surface area (Å²) in [7, 11) is 0. The maximum absolute atomic E-state index is 5.09. The fraction of sp³-hybridized carbons (Fsp3) is 0.556. The highest BCUT2D eigenvalue weighted by atomic mass is 14.0. The van der Waals surface area contributed by atoms with Crippen molar-refractivity contribution in [3.63, 3.8) is 0 Å². The van der Waals surface area contributed by atoms with Crippen LogP contribution in [0.25, 0.3) is 0 Å². The van der Waals surface area contributed by atoms with Crippen molar-refractivity contribution in [2.45, 2.75) is 26.7 Å². The molecule has 0 amide bonds. The van der Waals surface area contributed by atoms with Crippen molar-refractivity contribution >= 4 is 0 Å². The lowest BCUT2D eigenvalue weighted by molar-refractivity contribution is 0.722. The van der Waals surface area contributed by atoms with Gasteiger partial charge in [-0.2, -0.15) is 0 Å². The Morgan fingerprint density at radius 1 is 1.67 bits per heavy atom. The first-order valence-corrected chi connectivity index (χ1v) is 3.29. The first-order valence-electron chi connectivity index (χ1n) is 3.29. The van der Waals surface area contributed by atoms with E-state index in [1.165, 1.54) is 5.57 Å². The van der Waals surface area contributed by atoms with E-state index < -0.39 is 0 Å². The van der Waals surface area contributed by atoms with Crippen LogP contribution < -0.4 is 0 Å². The highest BCUT2D eigenvalue weighted by molar-refractivity contribution is 5.00. The Morgan fingerprint density at radius 3 is 2.56 bits per heavy atom. The Labute approximate surface area is 58.0 Å². The Balaban J connectivity index is 3.42. The van der Waals surface area contributed by atoms with Gasteiger partial charge < -0.3 is 0 Å². The van der Waals surface area contributed by atoms with Crippen LogP contribution in [0.1, 0.15) is 26.7 Å². The minimum Gasteiger partial charge on any atom is -0.120 e. The van der Waals surface area contributed by atoms with Gasteiger partial charge in [-0.25, -0.2) is 0 Å². The van der Waals surface area contributed by atoms with Crippen LogP contribution in [0.4, 0.5) is 0 Å². The summed E-state index contributed by atoms with van der Waals surface area (Å²) in [6, 6.07) is 0. The van der Waals surface area contributed by atoms with E-state index in [9.17, 15) is 0 Å². The van der Waals surface area contributed by atoms with Crippen molar-refractivity contribution in [1.82, 2.24) is 0 Å². The van der Waals surface area contributed by atoms with Crippen molar-refractivity contribution in [3.8, 4) is 12.3 Å². The molecule has 0 atom stereocenters. The summed E-state index contributed by atoms with van der Waals surface area (Å²) in [5.74, 6) is 3.17. The van der Waals surface area contributed by atoms with Gasteiger partial charge in [0, 0.05) is 6.42 Å². The third kappa shape index (κ3) is 3.85. The quantitative estimate of drug-likeness (QED) is 0.398. The van der Waals surface area contributed by atoms with Crippen LogP contribution in [0, 0.1) is 18.3 Å². The van der Waals surface area contributed by atoms with Crippen molar-refractivity contribution in [2.75, 3.05) is 0 Å². The molecule has 0 aromatic rings. The molecule has 0 nitrogen and oxygen atoms in total. The molecule has 0 unspecified atom stereocenters. The predicted octanol–water partition coefficient (Wildman–Crippen LogP) is 2.61. The highest BCUT2D eigenvalue weighted by Crippen LogP contribution is 2.11. The van der Waals surface area contributed by atoms with Crippen LogP contribution in [0.2, 0.25) is 0 Å². The average Bonchev–Trinajstić information content (AvgIpc) is 1.82. The summed E-state index contributed by atoms with van der Waals surface area (Å²) in [5.41, 5.74) is 1.26. The Kier molecular flexibility index (Phi) is 3.88. The number of rotatable bonds is 3. The minimum atomic E-state index is 0.582. The monoisotopic (exact) mass is 122 g/mol. The highest BCUT2D eigenvalue weighted by Gasteiger charge is 1.96. The molecule has 0 aliphatic carbocycles. The van der Waals surface area contributed by atoms with Gasteiger partial charge in [-0.05, 0) is 12.3 Å². The van der Waals surface area contributed by atoms with Gasteiger partial charge >= 0.3 is 0 Å². The maximum Gasteiger partial charge on any atom is 0.0123 e. The van der Waals surface area contributed by atoms with E-state index in [2.05, 4.69) is 26.3 Å². The Morgan fingerprint density at radius 2 is 2.22 bits per heavy atom.